The lowest BCUT2D eigenvalue weighted by atomic mass is 9.82. The number of piperidine rings is 2. The van der Waals surface area contributed by atoms with Crippen molar-refractivity contribution in [3.05, 3.63) is 66.4 Å². The molecule has 198 valence electrons. The van der Waals surface area contributed by atoms with Crippen LogP contribution in [-0.2, 0) is 4.79 Å². The number of H-pyrrole nitrogens is 1. The highest BCUT2D eigenvalue weighted by atomic mass is 19.1. The first-order valence-corrected chi connectivity index (χ1v) is 13.7. The number of halogens is 1. The van der Waals surface area contributed by atoms with Crippen molar-refractivity contribution < 1.29 is 13.9 Å². The smallest absolute Gasteiger partial charge is 0.151 e. The molecule has 2 fully saturated rings. The van der Waals surface area contributed by atoms with Gasteiger partial charge in [-0.1, -0.05) is 6.92 Å². The van der Waals surface area contributed by atoms with Crippen LogP contribution < -0.4 is 4.74 Å². The zero-order valence-electron chi connectivity index (χ0n) is 21.8. The lowest BCUT2D eigenvalue weighted by Crippen LogP contribution is -2.58. The molecule has 0 saturated carbocycles. The van der Waals surface area contributed by atoms with E-state index in [2.05, 4.69) is 37.1 Å². The molecule has 2 aliphatic rings. The van der Waals surface area contributed by atoms with Crippen LogP contribution >= 0.6 is 0 Å². The molecule has 3 atom stereocenters. The van der Waals surface area contributed by atoms with Crippen LogP contribution in [0.2, 0.25) is 0 Å². The van der Waals surface area contributed by atoms with E-state index < -0.39 is 0 Å². The minimum absolute atomic E-state index is 0.137. The molecule has 0 spiro atoms. The number of benzene rings is 1. The Kier molecular flexibility index (Phi) is 7.08. The average molecular weight is 516 g/mol. The van der Waals surface area contributed by atoms with E-state index in [0.29, 0.717) is 30.5 Å². The second-order valence-electron chi connectivity index (χ2n) is 10.6. The van der Waals surface area contributed by atoms with Gasteiger partial charge in [-0.3, -0.25) is 9.78 Å². The number of ether oxygens (including phenoxy) is 1. The Hall–Kier alpha value is -3.36. The summed E-state index contributed by atoms with van der Waals surface area (Å²) in [5, 5.41) is 6.99. The monoisotopic (exact) mass is 515 g/mol. The molecule has 38 heavy (non-hydrogen) atoms. The Labute approximate surface area is 222 Å². The fourth-order valence-corrected chi connectivity index (χ4v) is 6.28. The van der Waals surface area contributed by atoms with Gasteiger partial charge in [0.15, 0.2) is 5.78 Å². The van der Waals surface area contributed by atoms with E-state index in [-0.39, 0.29) is 17.8 Å². The summed E-state index contributed by atoms with van der Waals surface area (Å²) in [6, 6.07) is 10.3. The molecule has 0 aliphatic carbocycles. The molecule has 8 heteroatoms. The van der Waals surface area contributed by atoms with E-state index in [1.54, 1.807) is 12.1 Å². The first-order valence-electron chi connectivity index (χ1n) is 13.7. The van der Waals surface area contributed by atoms with Crippen molar-refractivity contribution in [3.63, 3.8) is 0 Å². The number of rotatable bonds is 7. The number of fused-ring (bicyclic) bond motifs is 3. The van der Waals surface area contributed by atoms with Crippen molar-refractivity contribution in [1.82, 2.24) is 25.0 Å². The summed E-state index contributed by atoms with van der Waals surface area (Å²) in [7, 11) is 0. The number of aromatic nitrogens is 3. The molecule has 5 heterocycles. The third-order valence-corrected chi connectivity index (χ3v) is 8.22. The second-order valence-corrected chi connectivity index (χ2v) is 10.6. The van der Waals surface area contributed by atoms with Gasteiger partial charge in [-0.2, -0.15) is 0 Å². The SMILES string of the molecule is CCC(=O)C1CC(c2ccnc3cnc4[nH]ccc4c23)CCN1N1CCCC(COc2ccc(F)cc2)C1. The van der Waals surface area contributed by atoms with Gasteiger partial charge in [-0.15, -0.1) is 0 Å². The molecular weight excluding hydrogens is 481 g/mol. The molecule has 7 nitrogen and oxygen atoms in total. The van der Waals surface area contributed by atoms with Crippen molar-refractivity contribution in [1.29, 1.82) is 0 Å². The van der Waals surface area contributed by atoms with Crippen molar-refractivity contribution in [2.24, 2.45) is 5.92 Å². The summed E-state index contributed by atoms with van der Waals surface area (Å²) in [4.78, 5) is 25.6. The van der Waals surface area contributed by atoms with Gasteiger partial charge in [0.25, 0.3) is 0 Å². The van der Waals surface area contributed by atoms with Gasteiger partial charge in [0.2, 0.25) is 0 Å². The number of carbonyl (C=O) groups is 1. The molecule has 3 unspecified atom stereocenters. The third-order valence-electron chi connectivity index (χ3n) is 8.22. The van der Waals surface area contributed by atoms with Crippen LogP contribution in [-0.4, -0.2) is 63.0 Å². The van der Waals surface area contributed by atoms with Gasteiger partial charge in [-0.05, 0) is 73.6 Å². The minimum atomic E-state index is -0.259. The number of Topliss-reactive ketones (excluding diaryl/α,β-unsaturated/α-hetero) is 1. The Balaban J connectivity index is 1.20. The van der Waals surface area contributed by atoms with Crippen LogP contribution in [0.1, 0.15) is 50.5 Å². The summed E-state index contributed by atoms with van der Waals surface area (Å²) in [5.74, 6) is 1.37. The van der Waals surface area contributed by atoms with Gasteiger partial charge >= 0.3 is 0 Å². The van der Waals surface area contributed by atoms with Crippen molar-refractivity contribution in [2.45, 2.75) is 51.0 Å². The Morgan fingerprint density at radius 3 is 2.84 bits per heavy atom. The molecule has 0 bridgehead atoms. The van der Waals surface area contributed by atoms with E-state index in [1.807, 2.05) is 25.5 Å². The van der Waals surface area contributed by atoms with E-state index in [0.717, 1.165) is 67.3 Å². The van der Waals surface area contributed by atoms with E-state index >= 15 is 0 Å². The Bertz CT molecular complexity index is 1420. The number of hydrogen-bond donors (Lipinski definition) is 1. The van der Waals surface area contributed by atoms with Gasteiger partial charge in [0.1, 0.15) is 17.2 Å². The van der Waals surface area contributed by atoms with Crippen molar-refractivity contribution in [3.8, 4) is 5.75 Å². The van der Waals surface area contributed by atoms with E-state index in [4.69, 9.17) is 4.74 Å². The quantitative estimate of drug-likeness (QED) is 0.351. The maximum Gasteiger partial charge on any atom is 0.151 e. The summed E-state index contributed by atoms with van der Waals surface area (Å²) in [6.07, 6.45) is 10.1. The first kappa shape index (κ1) is 24.9. The summed E-state index contributed by atoms with van der Waals surface area (Å²) in [6.45, 7) is 5.23. The van der Waals surface area contributed by atoms with Crippen LogP contribution in [0.3, 0.4) is 0 Å². The van der Waals surface area contributed by atoms with Crippen molar-refractivity contribution in [2.75, 3.05) is 26.2 Å². The number of nitrogens with zero attached hydrogens (tertiary/aromatic N) is 4. The first-order chi connectivity index (χ1) is 18.6. The number of carbonyl (C=O) groups excluding carboxylic acids is 1. The summed E-state index contributed by atoms with van der Waals surface area (Å²) in [5.41, 5.74) is 3.03. The predicted octanol–water partition coefficient (Wildman–Crippen LogP) is 5.48. The Morgan fingerprint density at radius 1 is 1.13 bits per heavy atom. The minimum Gasteiger partial charge on any atom is -0.493 e. The highest BCUT2D eigenvalue weighted by Crippen LogP contribution is 2.38. The van der Waals surface area contributed by atoms with Gasteiger partial charge in [-0.25, -0.2) is 19.4 Å². The normalized spacial score (nSPS) is 23.2. The lowest BCUT2D eigenvalue weighted by molar-refractivity contribution is -0.144. The number of hydrazine groups is 1. The molecule has 0 amide bonds. The predicted molar refractivity (Wildman–Crippen MR) is 145 cm³/mol. The summed E-state index contributed by atoms with van der Waals surface area (Å²) < 4.78 is 19.2. The molecule has 2 aliphatic heterocycles. The molecule has 3 aromatic heterocycles. The molecular formula is C30H34FN5O2. The average Bonchev–Trinajstić information content (AvgIpc) is 3.45. The summed E-state index contributed by atoms with van der Waals surface area (Å²) >= 11 is 0. The fraction of sp³-hybridized carbons (Fsp3) is 0.433. The number of ketones is 1. The second kappa shape index (κ2) is 10.8. The maximum absolute atomic E-state index is 13.3. The highest BCUT2D eigenvalue weighted by molar-refractivity contribution is 6.05. The van der Waals surface area contributed by atoms with Crippen LogP contribution in [0.25, 0.3) is 21.9 Å². The molecule has 6 rings (SSSR count). The van der Waals surface area contributed by atoms with Crippen LogP contribution in [0.15, 0.2) is 55.0 Å². The lowest BCUT2D eigenvalue weighted by Gasteiger charge is -2.47. The molecule has 0 radical (unpaired) electrons. The highest BCUT2D eigenvalue weighted by Gasteiger charge is 2.38. The van der Waals surface area contributed by atoms with Gasteiger partial charge < -0.3 is 9.72 Å². The molecule has 4 aromatic rings. The number of aromatic amines is 1. The van der Waals surface area contributed by atoms with Crippen LogP contribution in [0.5, 0.6) is 5.75 Å². The van der Waals surface area contributed by atoms with Crippen LogP contribution in [0.4, 0.5) is 4.39 Å². The van der Waals surface area contributed by atoms with Crippen LogP contribution in [0, 0.1) is 11.7 Å². The fourth-order valence-electron chi connectivity index (χ4n) is 6.28. The van der Waals surface area contributed by atoms with E-state index in [1.165, 1.54) is 17.7 Å². The zero-order chi connectivity index (χ0) is 26.1. The maximum atomic E-state index is 13.3. The number of pyridine rings is 2. The molecule has 1 N–H and O–H groups in total. The number of nitrogens with one attached hydrogen (secondary N) is 1. The Morgan fingerprint density at radius 2 is 2.00 bits per heavy atom. The largest absolute Gasteiger partial charge is 0.493 e. The zero-order valence-corrected chi connectivity index (χ0v) is 21.8. The van der Waals surface area contributed by atoms with Gasteiger partial charge in [0, 0.05) is 55.1 Å². The number of hydrogen-bond acceptors (Lipinski definition) is 6. The van der Waals surface area contributed by atoms with Gasteiger partial charge in [0.05, 0.1) is 24.4 Å². The molecule has 2 saturated heterocycles. The van der Waals surface area contributed by atoms with Crippen molar-refractivity contribution >= 4 is 27.7 Å². The standard InChI is InChI=1S/C30H34FN5O2/c1-2-28(37)27-16-21(24-9-12-32-26-17-34-30-25(29(24)26)10-13-33-30)11-15-36(27)35-14-3-4-20(18-35)19-38-23-7-5-22(31)6-8-23/h5-10,12-13,17,20-21,27H,2-4,11,14-16,18-19H2,1H3,(H,33,34). The topological polar surface area (TPSA) is 74.4 Å². The molecule has 1 aromatic carbocycles. The van der Waals surface area contributed by atoms with E-state index in [9.17, 15) is 9.18 Å². The third kappa shape index (κ3) is 4.90.